The van der Waals surface area contributed by atoms with Crippen molar-refractivity contribution in [3.63, 3.8) is 0 Å². The average molecular weight is 261 g/mol. The molecule has 0 spiro atoms. The van der Waals surface area contributed by atoms with Gasteiger partial charge in [-0.2, -0.15) is 0 Å². The van der Waals surface area contributed by atoms with Crippen molar-refractivity contribution in [3.05, 3.63) is 28.7 Å². The topological polar surface area (TPSA) is 61.3 Å². The summed E-state index contributed by atoms with van der Waals surface area (Å²) in [5, 5.41) is 3.55. The summed E-state index contributed by atoms with van der Waals surface area (Å²) in [6.45, 7) is 2.30. The molecule has 0 amide bonds. The molecule has 1 aliphatic heterocycles. The maximum atomic E-state index is 11.1. The number of oxazole rings is 1. The molecule has 0 bridgehead atoms. The van der Waals surface area contributed by atoms with E-state index in [4.69, 9.17) is 4.42 Å². The van der Waals surface area contributed by atoms with Gasteiger partial charge in [-0.15, -0.1) is 0 Å². The van der Waals surface area contributed by atoms with E-state index in [0.29, 0.717) is 11.6 Å². The first-order valence-corrected chi connectivity index (χ1v) is 6.79. The molecule has 1 aromatic carbocycles. The van der Waals surface area contributed by atoms with Crippen LogP contribution in [0.15, 0.2) is 27.4 Å². The van der Waals surface area contributed by atoms with Crippen LogP contribution in [0.3, 0.4) is 0 Å². The minimum absolute atomic E-state index is 0.400. The van der Waals surface area contributed by atoms with Gasteiger partial charge in [-0.1, -0.05) is 0 Å². The predicted octanol–water partition coefficient (Wildman–Crippen LogP) is 2.02. The minimum Gasteiger partial charge on any atom is -0.408 e. The number of fused-ring (bicyclic) bond motifs is 1. The Balaban J connectivity index is 1.75. The molecule has 3 rings (SSSR count). The Hall–Kier alpha value is -1.75. The largest absolute Gasteiger partial charge is 0.417 e. The number of anilines is 1. The summed E-state index contributed by atoms with van der Waals surface area (Å²) < 4.78 is 5.00. The van der Waals surface area contributed by atoms with Gasteiger partial charge in [0.05, 0.1) is 5.52 Å². The standard InChI is InChI=1S/C14H19N3O2/c1-17-7-2-3-10(6-8-17)15-11-4-5-13-12(9-11)16-14(18)19-13/h4-5,9-10,15H,2-3,6-8H2,1H3,(H,16,18). The van der Waals surface area contributed by atoms with Crippen molar-refractivity contribution in [1.82, 2.24) is 9.88 Å². The van der Waals surface area contributed by atoms with E-state index >= 15 is 0 Å². The first-order chi connectivity index (χ1) is 9.20. The number of hydrogen-bond donors (Lipinski definition) is 2. The normalized spacial score (nSPS) is 21.4. The number of hydrogen-bond acceptors (Lipinski definition) is 4. The van der Waals surface area contributed by atoms with E-state index in [-0.39, 0.29) is 0 Å². The summed E-state index contributed by atoms with van der Waals surface area (Å²) in [6.07, 6.45) is 3.56. The van der Waals surface area contributed by atoms with Crippen molar-refractivity contribution in [2.24, 2.45) is 0 Å². The summed E-state index contributed by atoms with van der Waals surface area (Å²) in [6, 6.07) is 6.24. The van der Waals surface area contributed by atoms with Crippen LogP contribution in [-0.4, -0.2) is 36.1 Å². The highest BCUT2D eigenvalue weighted by Crippen LogP contribution is 2.20. The quantitative estimate of drug-likeness (QED) is 0.868. The number of rotatable bonds is 2. The molecule has 0 aliphatic carbocycles. The predicted molar refractivity (Wildman–Crippen MR) is 75.6 cm³/mol. The Bertz CT molecular complexity index is 616. The first kappa shape index (κ1) is 12.3. The molecule has 2 N–H and O–H groups in total. The molecule has 2 aromatic rings. The average Bonchev–Trinajstić information content (AvgIpc) is 2.62. The minimum atomic E-state index is -0.400. The third kappa shape index (κ3) is 2.81. The van der Waals surface area contributed by atoms with Crippen molar-refractivity contribution in [1.29, 1.82) is 0 Å². The number of likely N-dealkylation sites (tertiary alicyclic amines) is 1. The number of H-pyrrole nitrogens is 1. The third-order valence-electron chi connectivity index (χ3n) is 3.74. The zero-order valence-corrected chi connectivity index (χ0v) is 11.1. The molecule has 5 nitrogen and oxygen atoms in total. The van der Waals surface area contributed by atoms with Gasteiger partial charge < -0.3 is 14.6 Å². The van der Waals surface area contributed by atoms with E-state index in [1.54, 1.807) is 0 Å². The fourth-order valence-corrected chi connectivity index (χ4v) is 2.66. The Labute approximate surface area is 111 Å². The van der Waals surface area contributed by atoms with Gasteiger partial charge >= 0.3 is 5.76 Å². The summed E-state index contributed by atoms with van der Waals surface area (Å²) in [7, 11) is 2.17. The molecule has 1 saturated heterocycles. The first-order valence-electron chi connectivity index (χ1n) is 6.79. The lowest BCUT2D eigenvalue weighted by Crippen LogP contribution is -2.22. The van der Waals surface area contributed by atoms with Gasteiger partial charge in [0.1, 0.15) is 0 Å². The van der Waals surface area contributed by atoms with E-state index in [0.717, 1.165) is 24.2 Å². The molecule has 1 aliphatic rings. The zero-order valence-electron chi connectivity index (χ0n) is 11.1. The molecular formula is C14H19N3O2. The number of aromatic amines is 1. The van der Waals surface area contributed by atoms with Crippen molar-refractivity contribution < 1.29 is 4.42 Å². The van der Waals surface area contributed by atoms with Crippen LogP contribution in [0.25, 0.3) is 11.1 Å². The van der Waals surface area contributed by atoms with Crippen LogP contribution < -0.4 is 11.1 Å². The van der Waals surface area contributed by atoms with Gasteiger partial charge in [-0.3, -0.25) is 4.98 Å². The Morgan fingerprint density at radius 1 is 1.37 bits per heavy atom. The highest BCUT2D eigenvalue weighted by molar-refractivity contribution is 5.76. The lowest BCUT2D eigenvalue weighted by Gasteiger charge is -2.18. The van der Waals surface area contributed by atoms with Gasteiger partial charge in [-0.05, 0) is 57.6 Å². The van der Waals surface area contributed by atoms with Crippen LogP contribution in [-0.2, 0) is 0 Å². The third-order valence-corrected chi connectivity index (χ3v) is 3.74. The number of nitrogens with one attached hydrogen (secondary N) is 2. The van der Waals surface area contributed by atoms with Crippen LogP contribution >= 0.6 is 0 Å². The Morgan fingerprint density at radius 2 is 2.26 bits per heavy atom. The van der Waals surface area contributed by atoms with Gasteiger partial charge in [0, 0.05) is 11.7 Å². The molecule has 1 atom stereocenters. The number of benzene rings is 1. The molecule has 0 saturated carbocycles. The lowest BCUT2D eigenvalue weighted by atomic mass is 10.1. The maximum absolute atomic E-state index is 11.1. The Kier molecular flexibility index (Phi) is 3.29. The molecule has 5 heteroatoms. The fourth-order valence-electron chi connectivity index (χ4n) is 2.66. The van der Waals surface area contributed by atoms with E-state index in [1.807, 2.05) is 18.2 Å². The second kappa shape index (κ2) is 5.09. The summed E-state index contributed by atoms with van der Waals surface area (Å²) >= 11 is 0. The van der Waals surface area contributed by atoms with Gasteiger partial charge in [0.25, 0.3) is 0 Å². The second-order valence-corrected chi connectivity index (χ2v) is 5.30. The monoisotopic (exact) mass is 261 g/mol. The second-order valence-electron chi connectivity index (χ2n) is 5.30. The molecule has 0 radical (unpaired) electrons. The molecule has 2 heterocycles. The van der Waals surface area contributed by atoms with E-state index < -0.39 is 5.76 Å². The summed E-state index contributed by atoms with van der Waals surface area (Å²) in [4.78, 5) is 16.2. The van der Waals surface area contributed by atoms with Gasteiger partial charge in [-0.25, -0.2) is 4.79 Å². The lowest BCUT2D eigenvalue weighted by molar-refractivity contribution is 0.348. The number of aromatic nitrogens is 1. The molecule has 1 fully saturated rings. The van der Waals surface area contributed by atoms with Crippen molar-refractivity contribution in [3.8, 4) is 0 Å². The molecule has 19 heavy (non-hydrogen) atoms. The summed E-state index contributed by atoms with van der Waals surface area (Å²) in [5.74, 6) is -0.400. The van der Waals surface area contributed by atoms with Crippen molar-refractivity contribution >= 4 is 16.8 Å². The van der Waals surface area contributed by atoms with E-state index in [9.17, 15) is 4.79 Å². The summed E-state index contributed by atoms with van der Waals surface area (Å²) in [5.41, 5.74) is 2.40. The molecule has 102 valence electrons. The molecule has 1 aromatic heterocycles. The van der Waals surface area contributed by atoms with E-state index in [2.05, 4.69) is 22.2 Å². The van der Waals surface area contributed by atoms with Gasteiger partial charge in [0.15, 0.2) is 5.58 Å². The van der Waals surface area contributed by atoms with Crippen LogP contribution in [0.2, 0.25) is 0 Å². The van der Waals surface area contributed by atoms with E-state index in [1.165, 1.54) is 19.4 Å². The highest BCUT2D eigenvalue weighted by Gasteiger charge is 2.14. The maximum Gasteiger partial charge on any atom is 0.417 e. The Morgan fingerprint density at radius 3 is 3.16 bits per heavy atom. The fraction of sp³-hybridized carbons (Fsp3) is 0.500. The van der Waals surface area contributed by atoms with Crippen LogP contribution in [0.5, 0.6) is 0 Å². The van der Waals surface area contributed by atoms with Crippen LogP contribution in [0, 0.1) is 0 Å². The van der Waals surface area contributed by atoms with Gasteiger partial charge in [0.2, 0.25) is 0 Å². The molecule has 1 unspecified atom stereocenters. The van der Waals surface area contributed by atoms with Crippen LogP contribution in [0.4, 0.5) is 5.69 Å². The highest BCUT2D eigenvalue weighted by atomic mass is 16.4. The smallest absolute Gasteiger partial charge is 0.408 e. The number of nitrogens with zero attached hydrogens (tertiary/aromatic N) is 1. The van der Waals surface area contributed by atoms with Crippen molar-refractivity contribution in [2.75, 3.05) is 25.5 Å². The SMILES string of the molecule is CN1CCCC(Nc2ccc3oc(=O)[nH]c3c2)CC1. The van der Waals surface area contributed by atoms with Crippen LogP contribution in [0.1, 0.15) is 19.3 Å². The van der Waals surface area contributed by atoms with Crippen molar-refractivity contribution in [2.45, 2.75) is 25.3 Å². The molecular weight excluding hydrogens is 242 g/mol. The zero-order chi connectivity index (χ0) is 13.2.